The Morgan fingerprint density at radius 1 is 1.00 bits per heavy atom. The minimum atomic E-state index is -0.299. The smallest absolute Gasteiger partial charge is 0.282 e. The summed E-state index contributed by atoms with van der Waals surface area (Å²) in [5, 5.41) is 5.03. The van der Waals surface area contributed by atoms with E-state index >= 15 is 0 Å². The van der Waals surface area contributed by atoms with Gasteiger partial charge < -0.3 is 4.74 Å². The van der Waals surface area contributed by atoms with Gasteiger partial charge in [-0.1, -0.05) is 42.5 Å². The minimum Gasteiger partial charge on any atom is -0.487 e. The van der Waals surface area contributed by atoms with Crippen LogP contribution in [0.15, 0.2) is 87.2 Å². The minimum absolute atomic E-state index is 0.215. The Bertz CT molecular complexity index is 1320. The quantitative estimate of drug-likeness (QED) is 0.346. The second-order valence-electron chi connectivity index (χ2n) is 8.08. The molecule has 0 saturated heterocycles. The Labute approximate surface area is 189 Å². The lowest BCUT2D eigenvalue weighted by molar-refractivity contribution is 0.130. The number of nitrogens with zero attached hydrogens (tertiary/aromatic N) is 3. The second-order valence-corrected chi connectivity index (χ2v) is 8.94. The predicted octanol–water partition coefficient (Wildman–Crippen LogP) is 5.89. The Morgan fingerprint density at radius 3 is 2.42 bits per heavy atom. The highest BCUT2D eigenvalue weighted by Crippen LogP contribution is 2.29. The summed E-state index contributed by atoms with van der Waals surface area (Å²) < 4.78 is 8.11. The van der Waals surface area contributed by atoms with Crippen molar-refractivity contribution in [3.8, 4) is 17.1 Å². The Morgan fingerprint density at radius 2 is 1.71 bits per heavy atom. The number of hydrogen-bond acceptors (Lipinski definition) is 4. The highest BCUT2D eigenvalue weighted by atomic mass is 79.9. The number of rotatable bonds is 4. The standard InChI is InChI=1S/C25H22BrN3O2/c1-25(2,3)31-22-14-13-17(15-20(22)26)16-27-29-23(18-9-5-4-6-10-18)28-21-12-8-7-11-19(21)24(29)30/h4-16H,1-3H3. The molecule has 0 atom stereocenters. The van der Waals surface area contributed by atoms with Crippen molar-refractivity contribution >= 4 is 33.0 Å². The summed E-state index contributed by atoms with van der Waals surface area (Å²) in [5.74, 6) is 1.24. The molecule has 3 aromatic carbocycles. The first kappa shape index (κ1) is 21.0. The average molecular weight is 476 g/mol. The van der Waals surface area contributed by atoms with Crippen molar-refractivity contribution in [2.45, 2.75) is 26.4 Å². The molecule has 0 saturated carbocycles. The third-order valence-electron chi connectivity index (χ3n) is 4.48. The molecule has 6 heteroatoms. The van der Waals surface area contributed by atoms with Gasteiger partial charge in [0.1, 0.15) is 11.4 Å². The van der Waals surface area contributed by atoms with Crippen LogP contribution in [0.4, 0.5) is 0 Å². The Kier molecular flexibility index (Phi) is 5.74. The van der Waals surface area contributed by atoms with Crippen molar-refractivity contribution in [1.29, 1.82) is 0 Å². The summed E-state index contributed by atoms with van der Waals surface area (Å²) in [4.78, 5) is 17.9. The van der Waals surface area contributed by atoms with E-state index in [9.17, 15) is 4.79 Å². The van der Waals surface area contributed by atoms with Crippen molar-refractivity contribution in [2.75, 3.05) is 0 Å². The van der Waals surface area contributed by atoms with E-state index in [1.165, 1.54) is 4.68 Å². The molecule has 0 bridgehead atoms. The van der Waals surface area contributed by atoms with Gasteiger partial charge in [0, 0.05) is 5.56 Å². The van der Waals surface area contributed by atoms with Gasteiger partial charge in [0.05, 0.1) is 21.6 Å². The van der Waals surface area contributed by atoms with Crippen LogP contribution in [0.1, 0.15) is 26.3 Å². The summed E-state index contributed by atoms with van der Waals surface area (Å²) in [6.45, 7) is 6.00. The molecule has 1 aromatic heterocycles. The number of fused-ring (bicyclic) bond motifs is 1. The van der Waals surface area contributed by atoms with Gasteiger partial charge in [-0.3, -0.25) is 4.79 Å². The Balaban J connectivity index is 1.79. The van der Waals surface area contributed by atoms with E-state index in [-0.39, 0.29) is 11.2 Å². The number of ether oxygens (including phenoxy) is 1. The van der Waals surface area contributed by atoms with Crippen LogP contribution >= 0.6 is 15.9 Å². The zero-order valence-corrected chi connectivity index (χ0v) is 19.1. The van der Waals surface area contributed by atoms with Crippen molar-refractivity contribution in [2.24, 2.45) is 5.10 Å². The normalized spacial score (nSPS) is 11.9. The number of halogens is 1. The third-order valence-corrected chi connectivity index (χ3v) is 5.10. The van der Waals surface area contributed by atoms with Gasteiger partial charge in [-0.2, -0.15) is 9.78 Å². The van der Waals surface area contributed by atoms with Crippen LogP contribution in [-0.2, 0) is 0 Å². The molecule has 1 heterocycles. The highest BCUT2D eigenvalue weighted by Gasteiger charge is 2.14. The monoisotopic (exact) mass is 475 g/mol. The van der Waals surface area contributed by atoms with Crippen LogP contribution in [0, 0.1) is 0 Å². The average Bonchev–Trinajstić information content (AvgIpc) is 2.74. The zero-order valence-electron chi connectivity index (χ0n) is 17.5. The summed E-state index contributed by atoms with van der Waals surface area (Å²) in [7, 11) is 0. The van der Waals surface area contributed by atoms with Gasteiger partial charge in [0.2, 0.25) is 0 Å². The molecule has 0 aliphatic carbocycles. The van der Waals surface area contributed by atoms with E-state index in [0.717, 1.165) is 21.3 Å². The molecule has 0 N–H and O–H groups in total. The van der Waals surface area contributed by atoms with Gasteiger partial charge in [-0.05, 0) is 72.6 Å². The summed E-state index contributed by atoms with van der Waals surface area (Å²) >= 11 is 3.56. The van der Waals surface area contributed by atoms with Crippen molar-refractivity contribution < 1.29 is 4.74 Å². The lowest BCUT2D eigenvalue weighted by Gasteiger charge is -2.22. The van der Waals surface area contributed by atoms with Crippen LogP contribution in [0.3, 0.4) is 0 Å². The number of para-hydroxylation sites is 1. The lowest BCUT2D eigenvalue weighted by atomic mass is 10.2. The van der Waals surface area contributed by atoms with E-state index in [1.807, 2.05) is 87.5 Å². The molecule has 156 valence electrons. The lowest BCUT2D eigenvalue weighted by Crippen LogP contribution is -2.23. The molecule has 0 amide bonds. The number of hydrogen-bond donors (Lipinski definition) is 0. The molecular weight excluding hydrogens is 454 g/mol. The fourth-order valence-electron chi connectivity index (χ4n) is 3.14. The van der Waals surface area contributed by atoms with Crippen molar-refractivity contribution in [3.05, 3.63) is 93.2 Å². The molecule has 0 unspecified atom stereocenters. The first-order valence-corrected chi connectivity index (χ1v) is 10.7. The molecule has 0 radical (unpaired) electrons. The zero-order chi connectivity index (χ0) is 22.0. The van der Waals surface area contributed by atoms with Crippen molar-refractivity contribution in [1.82, 2.24) is 9.66 Å². The first-order chi connectivity index (χ1) is 14.8. The van der Waals surface area contributed by atoms with Crippen LogP contribution in [0.5, 0.6) is 5.75 Å². The fourth-order valence-corrected chi connectivity index (χ4v) is 3.62. The highest BCUT2D eigenvalue weighted by molar-refractivity contribution is 9.10. The first-order valence-electron chi connectivity index (χ1n) is 9.92. The van der Waals surface area contributed by atoms with E-state index < -0.39 is 0 Å². The SMILES string of the molecule is CC(C)(C)Oc1ccc(C=Nn2c(-c3ccccc3)nc3ccccc3c2=O)cc1Br. The van der Waals surface area contributed by atoms with E-state index in [2.05, 4.69) is 21.0 Å². The molecule has 0 spiro atoms. The van der Waals surface area contributed by atoms with Gasteiger partial charge in [0.25, 0.3) is 5.56 Å². The fraction of sp³-hybridized carbons (Fsp3) is 0.160. The number of benzene rings is 3. The molecule has 5 nitrogen and oxygen atoms in total. The van der Waals surface area contributed by atoms with Crippen LogP contribution in [-0.4, -0.2) is 21.5 Å². The summed E-state index contributed by atoms with van der Waals surface area (Å²) in [6, 6.07) is 22.6. The summed E-state index contributed by atoms with van der Waals surface area (Å²) in [5.41, 5.74) is 1.77. The third kappa shape index (κ3) is 4.75. The molecule has 31 heavy (non-hydrogen) atoms. The molecule has 0 aliphatic heterocycles. The van der Waals surface area contributed by atoms with Crippen LogP contribution in [0.2, 0.25) is 0 Å². The van der Waals surface area contributed by atoms with Gasteiger partial charge >= 0.3 is 0 Å². The van der Waals surface area contributed by atoms with Crippen LogP contribution in [0.25, 0.3) is 22.3 Å². The maximum Gasteiger partial charge on any atom is 0.282 e. The van der Waals surface area contributed by atoms with E-state index in [0.29, 0.717) is 16.7 Å². The van der Waals surface area contributed by atoms with E-state index in [4.69, 9.17) is 9.72 Å². The van der Waals surface area contributed by atoms with Crippen molar-refractivity contribution in [3.63, 3.8) is 0 Å². The molecule has 0 aliphatic rings. The van der Waals surface area contributed by atoms with Gasteiger partial charge in [0.15, 0.2) is 5.82 Å². The second kappa shape index (κ2) is 8.47. The topological polar surface area (TPSA) is 56.5 Å². The maximum absolute atomic E-state index is 13.2. The predicted molar refractivity (Wildman–Crippen MR) is 129 cm³/mol. The van der Waals surface area contributed by atoms with Crippen LogP contribution < -0.4 is 10.3 Å². The maximum atomic E-state index is 13.2. The molecule has 0 fully saturated rings. The largest absolute Gasteiger partial charge is 0.487 e. The Hall–Kier alpha value is -3.25. The summed E-state index contributed by atoms with van der Waals surface area (Å²) in [6.07, 6.45) is 1.65. The van der Waals surface area contributed by atoms with Gasteiger partial charge in [-0.25, -0.2) is 4.98 Å². The van der Waals surface area contributed by atoms with Gasteiger partial charge in [-0.15, -0.1) is 0 Å². The molecular formula is C25H22BrN3O2. The molecule has 4 rings (SSSR count). The molecule has 4 aromatic rings. The number of aromatic nitrogens is 2. The van der Waals surface area contributed by atoms with E-state index in [1.54, 1.807) is 12.3 Å².